The molecule has 4 saturated heterocycles. The van der Waals surface area contributed by atoms with E-state index in [1.165, 1.54) is 0 Å². The average Bonchev–Trinajstić information content (AvgIpc) is 4.07. The van der Waals surface area contributed by atoms with Gasteiger partial charge in [-0.15, -0.1) is 0 Å². The SMILES string of the molecule is C=C(O)/C1=C\C(C(C)(C)C)=C/CCN2CCN(Cc3cc(C(C)(C)C)cc(c3O)CN3CCN(Cc4cc(C(C)(C)C)cc(c4O)CN4CCN(Cc5cc(C(C)(C)C)cc(c5O)CN5CCN(C1)C5=O)C4=S)C3=S)C2=S. The van der Waals surface area contributed by atoms with Gasteiger partial charge in [-0.1, -0.05) is 102 Å². The van der Waals surface area contributed by atoms with Gasteiger partial charge in [0.2, 0.25) is 0 Å². The molecule has 3 aromatic carbocycles. The van der Waals surface area contributed by atoms with Gasteiger partial charge in [0.05, 0.1) is 13.1 Å². The molecule has 0 unspecified atom stereocenters. The van der Waals surface area contributed by atoms with Gasteiger partial charge in [0, 0.05) is 131 Å². The average molecular weight is 1110 g/mol. The monoisotopic (exact) mass is 1100 g/mol. The predicted octanol–water partition coefficient (Wildman–Crippen LogP) is 10.9. The molecule has 5 aliphatic rings. The number of benzene rings is 3. The maximum Gasteiger partial charge on any atom is 0.320 e. The van der Waals surface area contributed by atoms with Gasteiger partial charge in [0.15, 0.2) is 15.3 Å². The quantitative estimate of drug-likeness (QED) is 0.137. The number of nitrogens with zero attached hydrogens (tertiary/aromatic N) is 8. The fourth-order valence-electron chi connectivity index (χ4n) is 10.9. The molecule has 77 heavy (non-hydrogen) atoms. The van der Waals surface area contributed by atoms with E-state index >= 15 is 0 Å². The van der Waals surface area contributed by atoms with Crippen LogP contribution in [0.2, 0.25) is 0 Å². The summed E-state index contributed by atoms with van der Waals surface area (Å²) in [4.78, 5) is 30.7. The zero-order valence-electron chi connectivity index (χ0n) is 47.8. The molecule has 5 heterocycles. The third-order valence-corrected chi connectivity index (χ3v) is 17.5. The largest absolute Gasteiger partial charge is 0.508 e. The predicted molar refractivity (Wildman–Crippen MR) is 321 cm³/mol. The highest BCUT2D eigenvalue weighted by atomic mass is 32.1. The third-order valence-electron chi connectivity index (χ3n) is 16.0. The van der Waals surface area contributed by atoms with Crippen LogP contribution in [0, 0.1) is 5.41 Å². The first-order valence-corrected chi connectivity index (χ1v) is 28.6. The Hall–Kier alpha value is -5.58. The van der Waals surface area contributed by atoms with Crippen molar-refractivity contribution >= 4 is 58.0 Å². The first-order chi connectivity index (χ1) is 35.9. The van der Waals surface area contributed by atoms with Gasteiger partial charge >= 0.3 is 6.03 Å². The number of rotatable bonds is 1. The minimum atomic E-state index is -0.284. The lowest BCUT2D eigenvalue weighted by Crippen LogP contribution is -2.33. The number of aliphatic hydroxyl groups is 1. The number of thiocarbonyl (C=S) groups is 3. The van der Waals surface area contributed by atoms with E-state index in [0.717, 1.165) is 68.3 Å². The van der Waals surface area contributed by atoms with Crippen molar-refractivity contribution in [3.8, 4) is 17.2 Å². The molecule has 16 heteroatoms. The van der Waals surface area contributed by atoms with Crippen molar-refractivity contribution in [1.29, 1.82) is 0 Å². The number of hydrogen-bond acceptors (Lipinski definition) is 8. The Bertz CT molecular complexity index is 2900. The Balaban J connectivity index is 1.15. The van der Waals surface area contributed by atoms with Crippen LogP contribution < -0.4 is 0 Å². The van der Waals surface area contributed by atoms with Crippen LogP contribution in [0.5, 0.6) is 17.2 Å². The highest BCUT2D eigenvalue weighted by Crippen LogP contribution is 2.39. The van der Waals surface area contributed by atoms with Crippen LogP contribution in [0.1, 0.15) is 140 Å². The molecule has 5 aliphatic heterocycles. The highest BCUT2D eigenvalue weighted by Gasteiger charge is 2.35. The second-order valence-corrected chi connectivity index (χ2v) is 27.2. The minimum Gasteiger partial charge on any atom is -0.508 e. The van der Waals surface area contributed by atoms with Crippen LogP contribution in [0.3, 0.4) is 0 Å². The summed E-state index contributed by atoms with van der Waals surface area (Å²) >= 11 is 18.6. The van der Waals surface area contributed by atoms with Gasteiger partial charge in [-0.25, -0.2) is 4.79 Å². The standard InChI is InChI=1S/C61H84N8O5S3/c1-39(70)40-25-47(58(2,3)4)15-14-16-62-17-20-65(55(62)75)34-42-27-49(60(8,9)10)29-44(52(42)72)36-67-23-24-69(57(67)77)38-46-31-50(61(11,12)13)30-45(53(46)73)37-68-22-21-66(56(68)76)35-43-28-48(59(5,6)7)26-41(51(43)71)33-64-19-18-63(32-40)54(64)74/h15,25-31,70-73H,1,14,16-24,32-38H2,2-13H3/b40-25-,47-15+. The van der Waals surface area contributed by atoms with Crippen molar-refractivity contribution in [3.63, 3.8) is 0 Å². The molecule has 4 fully saturated rings. The number of phenolic OH excluding ortho intramolecular Hbond substituents is 3. The van der Waals surface area contributed by atoms with E-state index in [9.17, 15) is 25.2 Å². The number of allylic oxidation sites excluding steroid dienone is 2. The minimum absolute atomic E-state index is 0.0865. The fraction of sp³-hybridized carbons (Fsp3) is 0.541. The number of hydrogen-bond donors (Lipinski definition) is 4. The highest BCUT2D eigenvalue weighted by molar-refractivity contribution is 7.80. The molecule has 0 radical (unpaired) electrons. The fourth-order valence-corrected chi connectivity index (χ4v) is 11.8. The Labute approximate surface area is 475 Å². The summed E-state index contributed by atoms with van der Waals surface area (Å²) in [5.74, 6) is 0.542. The van der Waals surface area contributed by atoms with Gasteiger partial charge < -0.3 is 59.6 Å². The molecule has 0 saturated carbocycles. The third kappa shape index (κ3) is 12.8. The molecule has 4 N–H and O–H groups in total. The lowest BCUT2D eigenvalue weighted by Gasteiger charge is -2.28. The normalized spacial score (nSPS) is 20.5. The van der Waals surface area contributed by atoms with E-state index in [0.29, 0.717) is 106 Å². The smallest absolute Gasteiger partial charge is 0.320 e. The van der Waals surface area contributed by atoms with Crippen molar-refractivity contribution < 1.29 is 25.2 Å². The van der Waals surface area contributed by atoms with Crippen LogP contribution in [0.15, 0.2) is 72.0 Å². The van der Waals surface area contributed by atoms with E-state index in [4.69, 9.17) is 36.7 Å². The van der Waals surface area contributed by atoms with E-state index < -0.39 is 0 Å². The lowest BCUT2D eigenvalue weighted by atomic mass is 9.84. The Morgan fingerprint density at radius 3 is 1.00 bits per heavy atom. The van der Waals surface area contributed by atoms with Gasteiger partial charge in [0.1, 0.15) is 23.0 Å². The Morgan fingerprint density at radius 1 is 0.429 bits per heavy atom. The van der Waals surface area contributed by atoms with Crippen LogP contribution in [0.25, 0.3) is 0 Å². The molecule has 3 aromatic rings. The molecule has 0 aromatic heterocycles. The zero-order chi connectivity index (χ0) is 56.3. The summed E-state index contributed by atoms with van der Waals surface area (Å²) < 4.78 is 0. The molecule has 0 spiro atoms. The summed E-state index contributed by atoms with van der Waals surface area (Å²) in [5.41, 5.74) is 8.53. The van der Waals surface area contributed by atoms with E-state index in [1.54, 1.807) is 9.80 Å². The summed E-state index contributed by atoms with van der Waals surface area (Å²) in [6, 6.07) is 12.4. The topological polar surface area (TPSA) is 124 Å². The molecular formula is C61H84N8O5S3. The molecule has 2 amide bonds. The lowest BCUT2D eigenvalue weighted by molar-refractivity contribution is 0.192. The van der Waals surface area contributed by atoms with E-state index in [2.05, 4.69) is 155 Å². The van der Waals surface area contributed by atoms with Crippen LogP contribution in [-0.2, 0) is 55.5 Å². The number of aliphatic hydroxyl groups excluding tert-OH is 1. The number of aromatic hydroxyl groups is 3. The van der Waals surface area contributed by atoms with Crippen LogP contribution >= 0.6 is 36.7 Å². The second-order valence-electron chi connectivity index (χ2n) is 26.1. The second kappa shape index (κ2) is 21.9. The number of fused-ring (bicyclic) bond motifs is 14. The van der Waals surface area contributed by atoms with Gasteiger partial charge in [0.25, 0.3) is 0 Å². The number of amides is 2. The maximum absolute atomic E-state index is 14.3. The maximum atomic E-state index is 14.3. The number of carbonyl (C=O) groups is 1. The number of urea groups is 1. The summed E-state index contributed by atoms with van der Waals surface area (Å²) in [7, 11) is 0. The van der Waals surface area contributed by atoms with Crippen molar-refractivity contribution in [2.24, 2.45) is 5.41 Å². The van der Waals surface area contributed by atoms with Crippen molar-refractivity contribution in [1.82, 2.24) is 39.2 Å². The number of carbonyl (C=O) groups excluding carboxylic acids is 1. The molecule has 0 aliphatic carbocycles. The van der Waals surface area contributed by atoms with Crippen molar-refractivity contribution in [2.45, 2.75) is 145 Å². The van der Waals surface area contributed by atoms with Crippen molar-refractivity contribution in [3.05, 3.63) is 122 Å². The Kier molecular flexibility index (Phi) is 16.4. The molecule has 416 valence electrons. The van der Waals surface area contributed by atoms with Gasteiger partial charge in [-0.05, 0) is 123 Å². The zero-order valence-corrected chi connectivity index (χ0v) is 50.3. The van der Waals surface area contributed by atoms with E-state index in [1.807, 2.05) is 12.1 Å². The first kappa shape index (κ1) is 57.6. The molecule has 8 rings (SSSR count). The first-order valence-electron chi connectivity index (χ1n) is 27.4. The summed E-state index contributed by atoms with van der Waals surface area (Å²) in [6.45, 7) is 38.1. The van der Waals surface area contributed by atoms with Crippen LogP contribution in [-0.4, -0.2) is 146 Å². The summed E-state index contributed by atoms with van der Waals surface area (Å²) in [6.07, 6.45) is 4.88. The van der Waals surface area contributed by atoms with Crippen LogP contribution in [0.4, 0.5) is 4.79 Å². The number of phenols is 3. The Morgan fingerprint density at radius 2 is 0.701 bits per heavy atom. The van der Waals surface area contributed by atoms with E-state index in [-0.39, 0.29) is 63.8 Å². The molecular weight excluding hydrogens is 1020 g/mol. The van der Waals surface area contributed by atoms with Crippen molar-refractivity contribution in [2.75, 3.05) is 65.4 Å². The summed E-state index contributed by atoms with van der Waals surface area (Å²) in [5, 5.41) is 49.5. The molecule has 0 atom stereocenters. The molecule has 14 bridgehead atoms. The van der Waals surface area contributed by atoms with Gasteiger partial charge in [-0.2, -0.15) is 0 Å². The molecule has 13 nitrogen and oxygen atoms in total. The van der Waals surface area contributed by atoms with Gasteiger partial charge in [-0.3, -0.25) is 0 Å².